The molecule has 5 heteroatoms. The van der Waals surface area contributed by atoms with Gasteiger partial charge in [-0.15, -0.1) is 21.5 Å². The van der Waals surface area contributed by atoms with E-state index >= 15 is 0 Å². The second-order valence-electron chi connectivity index (χ2n) is 5.22. The third-order valence-electron chi connectivity index (χ3n) is 3.73. The highest BCUT2D eigenvalue weighted by Gasteiger charge is 2.25. The first-order chi connectivity index (χ1) is 10.4. The molecule has 1 aromatic heterocycles. The van der Waals surface area contributed by atoms with Crippen LogP contribution in [0.4, 0.5) is 0 Å². The Balaban J connectivity index is 1.69. The van der Waals surface area contributed by atoms with Gasteiger partial charge in [-0.2, -0.15) is 0 Å². The molecule has 0 spiro atoms. The topological polar surface area (TPSA) is 47.0 Å². The van der Waals surface area contributed by atoms with Crippen LogP contribution in [0.25, 0.3) is 0 Å². The molecular formula is C16H21N3OS. The summed E-state index contributed by atoms with van der Waals surface area (Å²) in [5.41, 5.74) is 1.25. The van der Waals surface area contributed by atoms with E-state index in [1.165, 1.54) is 5.56 Å². The Morgan fingerprint density at radius 1 is 1.33 bits per heavy atom. The Labute approximate surface area is 129 Å². The van der Waals surface area contributed by atoms with Crippen LogP contribution in [-0.2, 0) is 6.42 Å². The third kappa shape index (κ3) is 3.41. The Morgan fingerprint density at radius 3 is 3.14 bits per heavy atom. The number of nitrogens with zero attached hydrogens (tertiary/aromatic N) is 2. The minimum atomic E-state index is 0.343. The van der Waals surface area contributed by atoms with E-state index in [2.05, 4.69) is 34.6 Å². The highest BCUT2D eigenvalue weighted by molar-refractivity contribution is 7.11. The van der Waals surface area contributed by atoms with E-state index in [1.807, 2.05) is 12.1 Å². The van der Waals surface area contributed by atoms with Gasteiger partial charge in [0.2, 0.25) is 0 Å². The van der Waals surface area contributed by atoms with Crippen molar-refractivity contribution >= 4 is 11.3 Å². The van der Waals surface area contributed by atoms with Crippen molar-refractivity contribution in [1.82, 2.24) is 15.5 Å². The van der Waals surface area contributed by atoms with Crippen LogP contribution < -0.4 is 10.1 Å². The monoisotopic (exact) mass is 303 g/mol. The van der Waals surface area contributed by atoms with E-state index in [1.54, 1.807) is 11.3 Å². The van der Waals surface area contributed by atoms with E-state index < -0.39 is 0 Å². The van der Waals surface area contributed by atoms with E-state index in [0.717, 1.165) is 54.7 Å². The molecule has 2 aromatic rings. The van der Waals surface area contributed by atoms with Crippen molar-refractivity contribution in [3.05, 3.63) is 39.8 Å². The average molecular weight is 303 g/mol. The van der Waals surface area contributed by atoms with Gasteiger partial charge in [-0.3, -0.25) is 0 Å². The highest BCUT2D eigenvalue weighted by atomic mass is 32.1. The number of hydrogen-bond donors (Lipinski definition) is 1. The summed E-state index contributed by atoms with van der Waals surface area (Å²) in [6.07, 6.45) is 3.12. The molecule has 0 saturated carbocycles. The fourth-order valence-electron chi connectivity index (χ4n) is 2.65. The van der Waals surface area contributed by atoms with Crippen LogP contribution in [-0.4, -0.2) is 29.9 Å². The van der Waals surface area contributed by atoms with Crippen molar-refractivity contribution < 1.29 is 4.74 Å². The quantitative estimate of drug-likeness (QED) is 0.833. The molecule has 0 radical (unpaired) electrons. The molecule has 112 valence electrons. The van der Waals surface area contributed by atoms with Gasteiger partial charge in [0.15, 0.2) is 0 Å². The number of aromatic nitrogens is 2. The van der Waals surface area contributed by atoms with Gasteiger partial charge >= 0.3 is 0 Å². The number of rotatable bonds is 6. The Morgan fingerprint density at radius 2 is 2.24 bits per heavy atom. The molecule has 21 heavy (non-hydrogen) atoms. The molecular weight excluding hydrogens is 282 g/mol. The zero-order valence-electron chi connectivity index (χ0n) is 12.3. The summed E-state index contributed by atoms with van der Waals surface area (Å²) in [6.45, 7) is 4.97. The largest absolute Gasteiger partial charge is 0.493 e. The summed E-state index contributed by atoms with van der Waals surface area (Å²) in [6, 6.07) is 8.28. The lowest BCUT2D eigenvalue weighted by Gasteiger charge is -2.23. The van der Waals surface area contributed by atoms with Crippen LogP contribution in [0.3, 0.4) is 0 Å². The maximum atomic E-state index is 5.72. The van der Waals surface area contributed by atoms with Crippen LogP contribution >= 0.6 is 11.3 Å². The van der Waals surface area contributed by atoms with Crippen molar-refractivity contribution in [2.45, 2.75) is 32.1 Å². The van der Waals surface area contributed by atoms with Gasteiger partial charge < -0.3 is 10.1 Å². The van der Waals surface area contributed by atoms with Crippen molar-refractivity contribution in [2.24, 2.45) is 0 Å². The number of fused-ring (bicyclic) bond motifs is 1. The van der Waals surface area contributed by atoms with E-state index in [0.29, 0.717) is 5.92 Å². The van der Waals surface area contributed by atoms with Gasteiger partial charge in [0.05, 0.1) is 6.61 Å². The van der Waals surface area contributed by atoms with Gasteiger partial charge in [0, 0.05) is 17.9 Å². The van der Waals surface area contributed by atoms with Crippen molar-refractivity contribution in [1.29, 1.82) is 0 Å². The van der Waals surface area contributed by atoms with Gasteiger partial charge in [-0.05, 0) is 32.0 Å². The summed E-state index contributed by atoms with van der Waals surface area (Å²) in [5.74, 6) is 1.34. The normalized spacial score (nSPS) is 17.3. The van der Waals surface area contributed by atoms with Crippen LogP contribution in [0.5, 0.6) is 5.75 Å². The first-order valence-electron chi connectivity index (χ1n) is 7.63. The van der Waals surface area contributed by atoms with Gasteiger partial charge in [-0.25, -0.2) is 0 Å². The standard InChI is InChI=1S/C16H21N3OS/c1-2-17-10-5-8-15-18-19-16(21-15)13-9-11-20-14-7-4-3-6-12(13)14/h3-4,6-7,13,17H,2,5,8-11H2,1H3. The molecule has 1 N–H and O–H groups in total. The molecule has 2 heterocycles. The average Bonchev–Trinajstić information content (AvgIpc) is 3.00. The van der Waals surface area contributed by atoms with Crippen LogP contribution in [0.15, 0.2) is 24.3 Å². The zero-order valence-corrected chi connectivity index (χ0v) is 13.2. The van der Waals surface area contributed by atoms with Gasteiger partial charge in [-0.1, -0.05) is 25.1 Å². The summed E-state index contributed by atoms with van der Waals surface area (Å²) >= 11 is 1.76. The minimum Gasteiger partial charge on any atom is -0.493 e. The highest BCUT2D eigenvalue weighted by Crippen LogP contribution is 2.38. The SMILES string of the molecule is CCNCCCc1nnc(C2CCOc3ccccc32)s1. The van der Waals surface area contributed by atoms with Crippen molar-refractivity contribution in [2.75, 3.05) is 19.7 Å². The zero-order chi connectivity index (χ0) is 14.5. The molecule has 0 fully saturated rings. The molecule has 1 aromatic carbocycles. The lowest BCUT2D eigenvalue weighted by molar-refractivity contribution is 0.276. The minimum absolute atomic E-state index is 0.343. The molecule has 3 rings (SSSR count). The van der Waals surface area contributed by atoms with Gasteiger partial charge in [0.1, 0.15) is 15.8 Å². The summed E-state index contributed by atoms with van der Waals surface area (Å²) < 4.78 is 5.72. The Kier molecular flexibility index (Phi) is 4.83. The maximum Gasteiger partial charge on any atom is 0.125 e. The van der Waals surface area contributed by atoms with Crippen LogP contribution in [0, 0.1) is 0 Å². The lowest BCUT2D eigenvalue weighted by Crippen LogP contribution is -2.14. The van der Waals surface area contributed by atoms with Crippen LogP contribution in [0.2, 0.25) is 0 Å². The van der Waals surface area contributed by atoms with E-state index in [-0.39, 0.29) is 0 Å². The Hall–Kier alpha value is -1.46. The molecule has 0 amide bonds. The number of para-hydroxylation sites is 1. The molecule has 1 aliphatic rings. The first-order valence-corrected chi connectivity index (χ1v) is 8.45. The molecule has 4 nitrogen and oxygen atoms in total. The third-order valence-corrected chi connectivity index (χ3v) is 4.83. The molecule has 1 atom stereocenters. The fourth-order valence-corrected chi connectivity index (χ4v) is 3.69. The van der Waals surface area contributed by atoms with E-state index in [9.17, 15) is 0 Å². The number of ether oxygens (including phenoxy) is 1. The van der Waals surface area contributed by atoms with E-state index in [4.69, 9.17) is 4.74 Å². The molecule has 0 saturated heterocycles. The smallest absolute Gasteiger partial charge is 0.125 e. The predicted octanol–water partition coefficient (Wildman–Crippen LogP) is 2.99. The fraction of sp³-hybridized carbons (Fsp3) is 0.500. The molecule has 1 unspecified atom stereocenters. The first kappa shape index (κ1) is 14.5. The lowest BCUT2D eigenvalue weighted by atomic mass is 9.94. The number of nitrogens with one attached hydrogen (secondary N) is 1. The number of benzene rings is 1. The summed E-state index contributed by atoms with van der Waals surface area (Å²) in [5, 5.41) is 14.4. The second kappa shape index (κ2) is 7.00. The Bertz CT molecular complexity index is 584. The van der Waals surface area contributed by atoms with Crippen LogP contribution in [0.1, 0.15) is 41.3 Å². The molecule has 1 aliphatic heterocycles. The molecule has 0 aliphatic carbocycles. The number of aryl methyl sites for hydroxylation is 1. The van der Waals surface area contributed by atoms with Gasteiger partial charge in [0.25, 0.3) is 0 Å². The second-order valence-corrected chi connectivity index (χ2v) is 6.31. The predicted molar refractivity (Wildman–Crippen MR) is 85.2 cm³/mol. The number of hydrogen-bond acceptors (Lipinski definition) is 5. The molecule has 0 bridgehead atoms. The van der Waals surface area contributed by atoms with Crippen molar-refractivity contribution in [3.8, 4) is 5.75 Å². The summed E-state index contributed by atoms with van der Waals surface area (Å²) in [7, 11) is 0. The van der Waals surface area contributed by atoms with Crippen molar-refractivity contribution in [3.63, 3.8) is 0 Å². The maximum absolute atomic E-state index is 5.72. The summed E-state index contributed by atoms with van der Waals surface area (Å²) in [4.78, 5) is 0.